The Morgan fingerprint density at radius 3 is 2.57 bits per heavy atom. The van der Waals surface area contributed by atoms with Gasteiger partial charge in [0.2, 0.25) is 0 Å². The van der Waals surface area contributed by atoms with Gasteiger partial charge < -0.3 is 9.15 Å². The topological polar surface area (TPSA) is 59.8 Å². The summed E-state index contributed by atoms with van der Waals surface area (Å²) in [6, 6.07) is 3.56. The largest absolute Gasteiger partial charge is 0.468 e. The number of carbonyl (C=O) groups excluding carboxylic acids is 2. The SMILES string of the molecule is O=C1CN(Cc2ccco2)CC(=O)O1. The molecule has 5 heteroatoms. The van der Waals surface area contributed by atoms with Crippen molar-refractivity contribution in [2.45, 2.75) is 6.54 Å². The average molecular weight is 195 g/mol. The number of hydrogen-bond donors (Lipinski definition) is 0. The van der Waals surface area contributed by atoms with Crippen LogP contribution in [0.3, 0.4) is 0 Å². The summed E-state index contributed by atoms with van der Waals surface area (Å²) in [5.74, 6) is -0.284. The molecule has 0 N–H and O–H groups in total. The molecule has 0 bridgehead atoms. The van der Waals surface area contributed by atoms with Crippen molar-refractivity contribution in [3.05, 3.63) is 24.2 Å². The number of nitrogens with zero attached hydrogens (tertiary/aromatic N) is 1. The van der Waals surface area contributed by atoms with Crippen LogP contribution >= 0.6 is 0 Å². The zero-order valence-corrected chi connectivity index (χ0v) is 7.43. The van der Waals surface area contributed by atoms with Gasteiger partial charge in [0.05, 0.1) is 25.9 Å². The van der Waals surface area contributed by atoms with E-state index in [4.69, 9.17) is 4.42 Å². The summed E-state index contributed by atoms with van der Waals surface area (Å²) in [5.41, 5.74) is 0. The number of furan rings is 1. The summed E-state index contributed by atoms with van der Waals surface area (Å²) < 4.78 is 9.49. The highest BCUT2D eigenvalue weighted by Crippen LogP contribution is 2.08. The normalized spacial score (nSPS) is 18.3. The van der Waals surface area contributed by atoms with E-state index in [9.17, 15) is 9.59 Å². The van der Waals surface area contributed by atoms with Crippen molar-refractivity contribution in [2.24, 2.45) is 0 Å². The minimum atomic E-state index is -0.507. The molecule has 0 atom stereocenters. The lowest BCUT2D eigenvalue weighted by Crippen LogP contribution is -2.42. The van der Waals surface area contributed by atoms with Gasteiger partial charge in [-0.15, -0.1) is 0 Å². The summed E-state index contributed by atoms with van der Waals surface area (Å²) in [5, 5.41) is 0. The molecule has 1 aliphatic rings. The number of morpholine rings is 1. The second kappa shape index (κ2) is 3.63. The van der Waals surface area contributed by atoms with Crippen LogP contribution < -0.4 is 0 Å². The van der Waals surface area contributed by atoms with Crippen molar-refractivity contribution < 1.29 is 18.7 Å². The molecular formula is C9H9NO4. The molecule has 1 aliphatic heterocycles. The number of hydrogen-bond acceptors (Lipinski definition) is 5. The Kier molecular flexibility index (Phi) is 2.32. The zero-order chi connectivity index (χ0) is 9.97. The van der Waals surface area contributed by atoms with Crippen molar-refractivity contribution >= 4 is 11.9 Å². The molecule has 0 amide bonds. The Hall–Kier alpha value is -1.62. The Bertz CT molecular complexity index is 328. The maximum Gasteiger partial charge on any atom is 0.327 e. The third kappa shape index (κ3) is 2.00. The van der Waals surface area contributed by atoms with Crippen LogP contribution in [0.4, 0.5) is 0 Å². The third-order valence-corrected chi connectivity index (χ3v) is 1.89. The van der Waals surface area contributed by atoms with Crippen LogP contribution in [0.15, 0.2) is 22.8 Å². The molecule has 1 fully saturated rings. The first-order chi connectivity index (χ1) is 6.74. The first-order valence-corrected chi connectivity index (χ1v) is 4.22. The Labute approximate surface area is 80.2 Å². The van der Waals surface area contributed by atoms with Crippen molar-refractivity contribution in [1.29, 1.82) is 0 Å². The second-order valence-electron chi connectivity index (χ2n) is 3.07. The van der Waals surface area contributed by atoms with E-state index in [0.29, 0.717) is 6.54 Å². The van der Waals surface area contributed by atoms with Gasteiger partial charge in [0.15, 0.2) is 0 Å². The predicted molar refractivity (Wildman–Crippen MR) is 45.1 cm³/mol. The number of esters is 2. The van der Waals surface area contributed by atoms with Gasteiger partial charge in [-0.1, -0.05) is 0 Å². The molecule has 0 radical (unpaired) electrons. The van der Waals surface area contributed by atoms with E-state index in [2.05, 4.69) is 4.74 Å². The maximum absolute atomic E-state index is 10.9. The standard InChI is InChI=1S/C9H9NO4/c11-8-5-10(6-9(12)14-8)4-7-2-1-3-13-7/h1-3H,4-6H2. The fraction of sp³-hybridized carbons (Fsp3) is 0.333. The number of ether oxygens (including phenoxy) is 1. The summed E-state index contributed by atoms with van der Waals surface area (Å²) in [6.07, 6.45) is 1.55. The van der Waals surface area contributed by atoms with E-state index in [1.165, 1.54) is 0 Å². The van der Waals surface area contributed by atoms with E-state index in [-0.39, 0.29) is 13.1 Å². The first-order valence-electron chi connectivity index (χ1n) is 4.22. The van der Waals surface area contributed by atoms with E-state index in [1.54, 1.807) is 23.3 Å². The van der Waals surface area contributed by atoms with Crippen LogP contribution in [0.5, 0.6) is 0 Å². The van der Waals surface area contributed by atoms with Crippen LogP contribution in [0.25, 0.3) is 0 Å². The minimum Gasteiger partial charge on any atom is -0.468 e. The van der Waals surface area contributed by atoms with Gasteiger partial charge in [-0.05, 0) is 12.1 Å². The van der Waals surface area contributed by atoms with E-state index in [0.717, 1.165) is 5.76 Å². The van der Waals surface area contributed by atoms with Crippen LogP contribution in [-0.2, 0) is 20.9 Å². The van der Waals surface area contributed by atoms with Gasteiger partial charge in [-0.2, -0.15) is 0 Å². The fourth-order valence-electron chi connectivity index (χ4n) is 1.35. The second-order valence-corrected chi connectivity index (χ2v) is 3.07. The van der Waals surface area contributed by atoms with Gasteiger partial charge >= 0.3 is 11.9 Å². The van der Waals surface area contributed by atoms with Gasteiger partial charge in [0, 0.05) is 0 Å². The van der Waals surface area contributed by atoms with Crippen molar-refractivity contribution in [2.75, 3.05) is 13.1 Å². The van der Waals surface area contributed by atoms with Crippen molar-refractivity contribution in [1.82, 2.24) is 4.90 Å². The van der Waals surface area contributed by atoms with Gasteiger partial charge in [-0.3, -0.25) is 14.5 Å². The molecule has 0 spiro atoms. The fourth-order valence-corrected chi connectivity index (χ4v) is 1.35. The maximum atomic E-state index is 10.9. The summed E-state index contributed by atoms with van der Waals surface area (Å²) >= 11 is 0. The van der Waals surface area contributed by atoms with Crippen LogP contribution in [0, 0.1) is 0 Å². The van der Waals surface area contributed by atoms with E-state index < -0.39 is 11.9 Å². The quantitative estimate of drug-likeness (QED) is 0.497. The Morgan fingerprint density at radius 1 is 1.29 bits per heavy atom. The summed E-state index contributed by atoms with van der Waals surface area (Å²) in [7, 11) is 0. The van der Waals surface area contributed by atoms with Crippen molar-refractivity contribution in [3.8, 4) is 0 Å². The molecule has 74 valence electrons. The van der Waals surface area contributed by atoms with E-state index >= 15 is 0 Å². The number of rotatable bonds is 2. The lowest BCUT2D eigenvalue weighted by Gasteiger charge is -2.22. The summed E-state index contributed by atoms with van der Waals surface area (Å²) in [6.45, 7) is 0.715. The van der Waals surface area contributed by atoms with Gasteiger partial charge in [-0.25, -0.2) is 0 Å². The molecular weight excluding hydrogens is 186 g/mol. The molecule has 2 rings (SSSR count). The Morgan fingerprint density at radius 2 is 2.00 bits per heavy atom. The van der Waals surface area contributed by atoms with Crippen LogP contribution in [0.2, 0.25) is 0 Å². The van der Waals surface area contributed by atoms with Gasteiger partial charge in [0.1, 0.15) is 5.76 Å². The minimum absolute atomic E-state index is 0.131. The Balaban J connectivity index is 1.98. The molecule has 0 saturated carbocycles. The van der Waals surface area contributed by atoms with Gasteiger partial charge in [0.25, 0.3) is 0 Å². The monoisotopic (exact) mass is 195 g/mol. The van der Waals surface area contributed by atoms with Crippen LogP contribution in [-0.4, -0.2) is 29.9 Å². The lowest BCUT2D eigenvalue weighted by atomic mass is 10.3. The molecule has 2 heterocycles. The lowest BCUT2D eigenvalue weighted by molar-refractivity contribution is -0.167. The molecule has 14 heavy (non-hydrogen) atoms. The predicted octanol–water partition coefficient (Wildman–Crippen LogP) is 0.165. The third-order valence-electron chi connectivity index (χ3n) is 1.89. The molecule has 5 nitrogen and oxygen atoms in total. The van der Waals surface area contributed by atoms with Crippen molar-refractivity contribution in [3.63, 3.8) is 0 Å². The number of carbonyl (C=O) groups is 2. The molecule has 0 aromatic carbocycles. The molecule has 1 aromatic rings. The zero-order valence-electron chi connectivity index (χ0n) is 7.43. The molecule has 1 saturated heterocycles. The highest BCUT2D eigenvalue weighted by molar-refractivity contribution is 5.90. The highest BCUT2D eigenvalue weighted by atomic mass is 16.6. The summed E-state index contributed by atoms with van der Waals surface area (Å²) in [4.78, 5) is 23.5. The molecule has 1 aromatic heterocycles. The smallest absolute Gasteiger partial charge is 0.327 e. The first kappa shape index (κ1) is 8.96. The average Bonchev–Trinajstić information content (AvgIpc) is 2.54. The van der Waals surface area contributed by atoms with E-state index in [1.807, 2.05) is 0 Å². The molecule has 0 aliphatic carbocycles. The van der Waals surface area contributed by atoms with Crippen LogP contribution in [0.1, 0.15) is 5.76 Å². The number of cyclic esters (lactones) is 2. The highest BCUT2D eigenvalue weighted by Gasteiger charge is 2.24. The molecule has 0 unspecified atom stereocenters.